The molecule has 2 fully saturated rings. The number of amides is 1. The average molecular weight is 397 g/mol. The highest BCUT2D eigenvalue weighted by molar-refractivity contribution is 8.00. The average Bonchev–Trinajstić information content (AvgIpc) is 2.89. The lowest BCUT2D eigenvalue weighted by atomic mass is 9.76. The molecule has 142 valence electrons. The molecule has 1 unspecified atom stereocenters. The second-order valence-corrected chi connectivity index (χ2v) is 8.88. The van der Waals surface area contributed by atoms with Crippen LogP contribution in [0.5, 0.6) is 0 Å². The molecule has 2 aliphatic heterocycles. The molecule has 0 aliphatic carbocycles. The molecule has 0 saturated carbocycles. The molecule has 2 aliphatic rings. The minimum absolute atomic E-state index is 0.0276. The highest BCUT2D eigenvalue weighted by atomic mass is 35.5. The topological polar surface area (TPSA) is 49.9 Å². The number of carbonyl (C=O) groups is 2. The zero-order valence-corrected chi connectivity index (χ0v) is 16.8. The van der Waals surface area contributed by atoms with E-state index in [0.29, 0.717) is 36.7 Å². The molecule has 2 saturated heterocycles. The Kier molecular flexibility index (Phi) is 6.15. The van der Waals surface area contributed by atoms with Gasteiger partial charge < -0.3 is 14.5 Å². The van der Waals surface area contributed by atoms with Gasteiger partial charge >= 0.3 is 5.97 Å². The summed E-state index contributed by atoms with van der Waals surface area (Å²) in [7, 11) is 3.97. The maximum atomic E-state index is 12.5. The van der Waals surface area contributed by atoms with Crippen LogP contribution in [0, 0.1) is 5.41 Å². The SMILES string of the molecule is CN(C)CC1CC2(CCN(C(=O)CSc3ccc(Cl)cc3)CC2)C(=O)O1. The van der Waals surface area contributed by atoms with Gasteiger partial charge in [-0.2, -0.15) is 0 Å². The van der Waals surface area contributed by atoms with Gasteiger partial charge in [-0.05, 0) is 51.2 Å². The second-order valence-electron chi connectivity index (χ2n) is 7.40. The molecular formula is C19H25ClN2O3S. The van der Waals surface area contributed by atoms with Gasteiger partial charge in [-0.15, -0.1) is 11.8 Å². The minimum atomic E-state index is -0.388. The van der Waals surface area contributed by atoms with Crippen LogP contribution in [0.15, 0.2) is 29.2 Å². The van der Waals surface area contributed by atoms with Crippen LogP contribution >= 0.6 is 23.4 Å². The first-order chi connectivity index (χ1) is 12.4. The highest BCUT2D eigenvalue weighted by Gasteiger charge is 2.50. The largest absolute Gasteiger partial charge is 0.461 e. The van der Waals surface area contributed by atoms with Crippen LogP contribution in [0.3, 0.4) is 0 Å². The first-order valence-electron chi connectivity index (χ1n) is 8.90. The van der Waals surface area contributed by atoms with Crippen LogP contribution in [-0.2, 0) is 14.3 Å². The van der Waals surface area contributed by atoms with E-state index in [4.69, 9.17) is 16.3 Å². The van der Waals surface area contributed by atoms with E-state index in [-0.39, 0.29) is 23.4 Å². The maximum Gasteiger partial charge on any atom is 0.312 e. The van der Waals surface area contributed by atoms with Gasteiger partial charge in [0.25, 0.3) is 0 Å². The number of halogens is 1. The van der Waals surface area contributed by atoms with E-state index in [1.807, 2.05) is 48.2 Å². The maximum absolute atomic E-state index is 12.5. The first-order valence-corrected chi connectivity index (χ1v) is 10.3. The molecule has 26 heavy (non-hydrogen) atoms. The normalized spacial score (nSPS) is 22.1. The monoisotopic (exact) mass is 396 g/mol. The Morgan fingerprint density at radius 2 is 1.96 bits per heavy atom. The van der Waals surface area contributed by atoms with Crippen molar-refractivity contribution in [1.29, 1.82) is 0 Å². The van der Waals surface area contributed by atoms with Gasteiger partial charge in [0.1, 0.15) is 6.10 Å². The van der Waals surface area contributed by atoms with Crippen LogP contribution in [0.25, 0.3) is 0 Å². The summed E-state index contributed by atoms with van der Waals surface area (Å²) in [6.45, 7) is 2.02. The lowest BCUT2D eigenvalue weighted by molar-refractivity contribution is -0.152. The molecule has 0 radical (unpaired) electrons. The summed E-state index contributed by atoms with van der Waals surface area (Å²) in [5.41, 5.74) is -0.388. The molecule has 0 aromatic heterocycles. The summed E-state index contributed by atoms with van der Waals surface area (Å²) in [5.74, 6) is 0.450. The number of cyclic esters (lactones) is 1. The molecule has 1 spiro atoms. The third kappa shape index (κ3) is 4.53. The van der Waals surface area contributed by atoms with E-state index in [1.54, 1.807) is 0 Å². The van der Waals surface area contributed by atoms with Crippen molar-refractivity contribution in [1.82, 2.24) is 9.80 Å². The van der Waals surface area contributed by atoms with Crippen molar-refractivity contribution in [2.45, 2.75) is 30.3 Å². The minimum Gasteiger partial charge on any atom is -0.461 e. The first kappa shape index (κ1) is 19.5. The molecule has 1 atom stereocenters. The fraction of sp³-hybridized carbons (Fsp3) is 0.579. The molecule has 1 aromatic rings. The number of carbonyl (C=O) groups excluding carboxylic acids is 2. The number of rotatable bonds is 5. The lowest BCUT2D eigenvalue weighted by Gasteiger charge is -2.36. The summed E-state index contributed by atoms with van der Waals surface area (Å²) in [4.78, 5) is 29.8. The summed E-state index contributed by atoms with van der Waals surface area (Å²) in [6, 6.07) is 7.50. The van der Waals surface area contributed by atoms with Gasteiger partial charge in [-0.25, -0.2) is 0 Å². The predicted molar refractivity (Wildman–Crippen MR) is 103 cm³/mol. The molecule has 0 bridgehead atoms. The second kappa shape index (κ2) is 8.19. The van der Waals surface area contributed by atoms with Gasteiger partial charge in [0.15, 0.2) is 0 Å². The molecule has 0 N–H and O–H groups in total. The van der Waals surface area contributed by atoms with E-state index in [9.17, 15) is 9.59 Å². The van der Waals surface area contributed by atoms with Crippen LogP contribution in [0.1, 0.15) is 19.3 Å². The van der Waals surface area contributed by atoms with Gasteiger partial charge in [0.2, 0.25) is 5.91 Å². The van der Waals surface area contributed by atoms with Crippen LogP contribution < -0.4 is 0 Å². The Hall–Kier alpha value is -1.24. The summed E-state index contributed by atoms with van der Waals surface area (Å²) >= 11 is 7.40. The number of hydrogen-bond donors (Lipinski definition) is 0. The summed E-state index contributed by atoms with van der Waals surface area (Å²) in [6.07, 6.45) is 2.14. The van der Waals surface area contributed by atoms with Crippen molar-refractivity contribution in [2.24, 2.45) is 5.41 Å². The number of likely N-dealkylation sites (N-methyl/N-ethyl adjacent to an activating group) is 1. The number of thioether (sulfide) groups is 1. The van der Waals surface area contributed by atoms with Gasteiger partial charge in [0, 0.05) is 36.0 Å². The smallest absolute Gasteiger partial charge is 0.312 e. The Bertz CT molecular complexity index is 657. The number of esters is 1. The van der Waals surface area contributed by atoms with E-state index < -0.39 is 0 Å². The summed E-state index contributed by atoms with van der Waals surface area (Å²) < 4.78 is 5.58. The Morgan fingerprint density at radius 1 is 1.31 bits per heavy atom. The molecule has 2 heterocycles. The number of likely N-dealkylation sites (tertiary alicyclic amines) is 1. The Morgan fingerprint density at radius 3 is 2.58 bits per heavy atom. The van der Waals surface area contributed by atoms with E-state index in [0.717, 1.165) is 17.9 Å². The van der Waals surface area contributed by atoms with Crippen molar-refractivity contribution < 1.29 is 14.3 Å². The highest BCUT2D eigenvalue weighted by Crippen LogP contribution is 2.43. The number of ether oxygens (including phenoxy) is 1. The van der Waals surface area contributed by atoms with Crippen LogP contribution in [0.4, 0.5) is 0 Å². The van der Waals surface area contributed by atoms with Gasteiger partial charge in [0.05, 0.1) is 11.2 Å². The standard InChI is InChI=1S/C19H25ClN2O3S/c1-21(2)12-15-11-19(18(24)25-15)7-9-22(10-8-19)17(23)13-26-16-5-3-14(20)4-6-16/h3-6,15H,7-13H2,1-2H3. The Labute approximate surface area is 164 Å². The third-order valence-electron chi connectivity index (χ3n) is 5.14. The Balaban J connectivity index is 1.49. The predicted octanol–water partition coefficient (Wildman–Crippen LogP) is 2.92. The zero-order chi connectivity index (χ0) is 18.7. The van der Waals surface area contributed by atoms with Crippen molar-refractivity contribution in [3.8, 4) is 0 Å². The molecule has 5 nitrogen and oxygen atoms in total. The number of hydrogen-bond acceptors (Lipinski definition) is 5. The molecule has 3 rings (SSSR count). The summed E-state index contributed by atoms with van der Waals surface area (Å²) in [5, 5.41) is 0.693. The van der Waals surface area contributed by atoms with Crippen LogP contribution in [0.2, 0.25) is 5.02 Å². The molecular weight excluding hydrogens is 372 g/mol. The van der Waals surface area contributed by atoms with Crippen molar-refractivity contribution in [3.05, 3.63) is 29.3 Å². The van der Waals surface area contributed by atoms with E-state index in [1.165, 1.54) is 11.8 Å². The van der Waals surface area contributed by atoms with Crippen LogP contribution in [-0.4, -0.2) is 67.3 Å². The number of nitrogens with zero attached hydrogens (tertiary/aromatic N) is 2. The molecule has 1 aromatic carbocycles. The zero-order valence-electron chi connectivity index (χ0n) is 15.2. The van der Waals surface area contributed by atoms with Crippen molar-refractivity contribution >= 4 is 35.2 Å². The van der Waals surface area contributed by atoms with Crippen molar-refractivity contribution in [3.63, 3.8) is 0 Å². The quantitative estimate of drug-likeness (QED) is 0.565. The van der Waals surface area contributed by atoms with E-state index >= 15 is 0 Å². The number of piperidine rings is 1. The van der Waals surface area contributed by atoms with Gasteiger partial charge in [-0.3, -0.25) is 9.59 Å². The molecule has 1 amide bonds. The fourth-order valence-corrected chi connectivity index (χ4v) is 4.63. The van der Waals surface area contributed by atoms with E-state index in [2.05, 4.69) is 0 Å². The lowest BCUT2D eigenvalue weighted by Crippen LogP contribution is -2.45. The van der Waals surface area contributed by atoms with Crippen molar-refractivity contribution in [2.75, 3.05) is 39.5 Å². The van der Waals surface area contributed by atoms with Gasteiger partial charge in [-0.1, -0.05) is 11.6 Å². The molecule has 7 heteroatoms. The third-order valence-corrected chi connectivity index (χ3v) is 6.39. The fourth-order valence-electron chi connectivity index (χ4n) is 3.71. The number of benzene rings is 1.